The minimum Gasteiger partial charge on any atom is -0.497 e. The van der Waals surface area contributed by atoms with Crippen molar-refractivity contribution < 1.29 is 14.3 Å². The molecular weight excluding hydrogens is 268 g/mol. The van der Waals surface area contributed by atoms with E-state index in [-0.39, 0.29) is 5.91 Å². The molecule has 0 aliphatic heterocycles. The zero-order valence-corrected chi connectivity index (χ0v) is 12.0. The van der Waals surface area contributed by atoms with Crippen LogP contribution in [-0.2, 0) is 4.79 Å². The number of benzene rings is 2. The number of amides is 1. The molecule has 2 aromatic rings. The van der Waals surface area contributed by atoms with Crippen molar-refractivity contribution in [2.24, 2.45) is 0 Å². The summed E-state index contributed by atoms with van der Waals surface area (Å²) in [6.07, 6.45) is -0.656. The van der Waals surface area contributed by atoms with Gasteiger partial charge in [0.1, 0.15) is 11.5 Å². The van der Waals surface area contributed by atoms with E-state index in [1.165, 1.54) is 0 Å². The Labute approximate surface area is 123 Å². The van der Waals surface area contributed by atoms with E-state index in [2.05, 4.69) is 5.32 Å². The molecule has 1 atom stereocenters. The molecule has 5 nitrogen and oxygen atoms in total. The van der Waals surface area contributed by atoms with Crippen LogP contribution in [0.2, 0.25) is 0 Å². The maximum Gasteiger partial charge on any atom is 0.265 e. The third-order valence-corrected chi connectivity index (χ3v) is 2.95. The van der Waals surface area contributed by atoms with E-state index < -0.39 is 6.10 Å². The largest absolute Gasteiger partial charge is 0.497 e. The molecule has 1 unspecified atom stereocenters. The van der Waals surface area contributed by atoms with Crippen LogP contribution < -0.4 is 20.5 Å². The first kappa shape index (κ1) is 14.7. The van der Waals surface area contributed by atoms with Crippen molar-refractivity contribution in [2.45, 2.75) is 13.0 Å². The van der Waals surface area contributed by atoms with Crippen molar-refractivity contribution in [3.63, 3.8) is 0 Å². The maximum absolute atomic E-state index is 12.1. The molecule has 0 fully saturated rings. The van der Waals surface area contributed by atoms with Gasteiger partial charge in [-0.25, -0.2) is 0 Å². The molecule has 21 heavy (non-hydrogen) atoms. The standard InChI is InChI=1S/C16H18N2O3/c1-11(21-15-6-4-3-5-14(15)17)16(19)18-12-7-9-13(20-2)10-8-12/h3-11H,17H2,1-2H3,(H,18,19). The van der Waals surface area contributed by atoms with Crippen molar-refractivity contribution in [2.75, 3.05) is 18.2 Å². The maximum atomic E-state index is 12.1. The Kier molecular flexibility index (Phi) is 4.66. The van der Waals surface area contributed by atoms with Gasteiger partial charge in [-0.15, -0.1) is 0 Å². The normalized spacial score (nSPS) is 11.5. The van der Waals surface area contributed by atoms with Crippen LogP contribution in [0.25, 0.3) is 0 Å². The monoisotopic (exact) mass is 286 g/mol. The summed E-state index contributed by atoms with van der Waals surface area (Å²) in [5.74, 6) is 0.979. The SMILES string of the molecule is COc1ccc(NC(=O)C(C)Oc2ccccc2N)cc1. The molecule has 0 spiro atoms. The summed E-state index contributed by atoms with van der Waals surface area (Å²) in [5.41, 5.74) is 6.96. The lowest BCUT2D eigenvalue weighted by atomic mass is 10.2. The van der Waals surface area contributed by atoms with Gasteiger partial charge in [0, 0.05) is 5.69 Å². The number of carbonyl (C=O) groups excluding carboxylic acids is 1. The number of methoxy groups -OCH3 is 1. The fourth-order valence-corrected chi connectivity index (χ4v) is 1.75. The summed E-state index contributed by atoms with van der Waals surface area (Å²) in [5, 5.41) is 2.77. The molecule has 0 saturated carbocycles. The lowest BCUT2D eigenvalue weighted by Crippen LogP contribution is -2.30. The fourth-order valence-electron chi connectivity index (χ4n) is 1.75. The smallest absolute Gasteiger partial charge is 0.265 e. The summed E-state index contributed by atoms with van der Waals surface area (Å²) < 4.78 is 10.6. The van der Waals surface area contributed by atoms with Gasteiger partial charge in [0.15, 0.2) is 6.10 Å². The predicted octanol–water partition coefficient (Wildman–Crippen LogP) is 2.68. The number of nitrogens with one attached hydrogen (secondary N) is 1. The Morgan fingerprint density at radius 2 is 1.81 bits per heavy atom. The number of hydrogen-bond donors (Lipinski definition) is 2. The van der Waals surface area contributed by atoms with Crippen LogP contribution in [0.15, 0.2) is 48.5 Å². The van der Waals surface area contributed by atoms with Crippen LogP contribution in [0.5, 0.6) is 11.5 Å². The van der Waals surface area contributed by atoms with Crippen molar-refractivity contribution >= 4 is 17.3 Å². The van der Waals surface area contributed by atoms with Crippen LogP contribution in [-0.4, -0.2) is 19.1 Å². The van der Waals surface area contributed by atoms with E-state index in [1.807, 2.05) is 6.07 Å². The molecule has 5 heteroatoms. The molecule has 2 aromatic carbocycles. The predicted molar refractivity (Wildman–Crippen MR) is 82.6 cm³/mol. The third-order valence-electron chi connectivity index (χ3n) is 2.95. The number of rotatable bonds is 5. The van der Waals surface area contributed by atoms with Gasteiger partial charge < -0.3 is 20.5 Å². The van der Waals surface area contributed by atoms with Gasteiger partial charge in [0.25, 0.3) is 5.91 Å². The van der Waals surface area contributed by atoms with Gasteiger partial charge in [-0.1, -0.05) is 12.1 Å². The summed E-state index contributed by atoms with van der Waals surface area (Å²) in [6.45, 7) is 1.67. The third kappa shape index (κ3) is 3.89. The van der Waals surface area contributed by atoms with Crippen LogP contribution in [0, 0.1) is 0 Å². The van der Waals surface area contributed by atoms with Crippen LogP contribution in [0.3, 0.4) is 0 Å². The molecular formula is C16H18N2O3. The number of nitrogen functional groups attached to an aromatic ring is 1. The number of carbonyl (C=O) groups is 1. The molecule has 0 saturated heterocycles. The highest BCUT2D eigenvalue weighted by atomic mass is 16.5. The van der Waals surface area contributed by atoms with Crippen LogP contribution >= 0.6 is 0 Å². The van der Waals surface area contributed by atoms with E-state index in [0.717, 1.165) is 5.75 Å². The second kappa shape index (κ2) is 6.65. The molecule has 0 radical (unpaired) electrons. The zero-order valence-electron chi connectivity index (χ0n) is 12.0. The average molecular weight is 286 g/mol. The minimum absolute atomic E-state index is 0.247. The number of hydrogen-bond acceptors (Lipinski definition) is 4. The minimum atomic E-state index is -0.656. The highest BCUT2D eigenvalue weighted by Gasteiger charge is 2.15. The van der Waals surface area contributed by atoms with Crippen molar-refractivity contribution in [3.05, 3.63) is 48.5 Å². The van der Waals surface area contributed by atoms with Crippen LogP contribution in [0.4, 0.5) is 11.4 Å². The molecule has 3 N–H and O–H groups in total. The van der Waals surface area contributed by atoms with Crippen molar-refractivity contribution in [3.8, 4) is 11.5 Å². The van der Waals surface area contributed by atoms with E-state index in [4.69, 9.17) is 15.2 Å². The molecule has 0 bridgehead atoms. The highest BCUT2D eigenvalue weighted by molar-refractivity contribution is 5.94. The van der Waals surface area contributed by atoms with E-state index in [0.29, 0.717) is 17.1 Å². The van der Waals surface area contributed by atoms with Crippen LogP contribution in [0.1, 0.15) is 6.92 Å². The molecule has 0 heterocycles. The second-order valence-electron chi connectivity index (χ2n) is 4.52. The lowest BCUT2D eigenvalue weighted by molar-refractivity contribution is -0.122. The quantitative estimate of drug-likeness (QED) is 0.829. The summed E-state index contributed by atoms with van der Waals surface area (Å²) in [6, 6.07) is 14.1. The second-order valence-corrected chi connectivity index (χ2v) is 4.52. The fraction of sp³-hybridized carbons (Fsp3) is 0.188. The molecule has 0 aromatic heterocycles. The van der Waals surface area contributed by atoms with Gasteiger partial charge in [0.2, 0.25) is 0 Å². The Balaban J connectivity index is 1.97. The van der Waals surface area contributed by atoms with E-state index in [9.17, 15) is 4.79 Å². The lowest BCUT2D eigenvalue weighted by Gasteiger charge is -2.16. The number of nitrogens with two attached hydrogens (primary N) is 1. The average Bonchev–Trinajstić information content (AvgIpc) is 2.50. The Bertz CT molecular complexity index is 611. The Morgan fingerprint density at radius 1 is 1.14 bits per heavy atom. The van der Waals surface area contributed by atoms with Gasteiger partial charge in [-0.05, 0) is 43.3 Å². The zero-order chi connectivity index (χ0) is 15.2. The Hall–Kier alpha value is -2.69. The first-order valence-electron chi connectivity index (χ1n) is 6.56. The van der Waals surface area contributed by atoms with E-state index >= 15 is 0 Å². The van der Waals surface area contributed by atoms with Crippen molar-refractivity contribution in [1.82, 2.24) is 0 Å². The molecule has 110 valence electrons. The van der Waals surface area contributed by atoms with E-state index in [1.54, 1.807) is 56.5 Å². The number of anilines is 2. The molecule has 2 rings (SSSR count). The van der Waals surface area contributed by atoms with Gasteiger partial charge in [0.05, 0.1) is 12.8 Å². The van der Waals surface area contributed by atoms with Gasteiger partial charge >= 0.3 is 0 Å². The number of para-hydroxylation sites is 2. The molecule has 0 aliphatic carbocycles. The summed E-state index contributed by atoms with van der Waals surface area (Å²) in [4.78, 5) is 12.1. The first-order chi connectivity index (χ1) is 10.1. The summed E-state index contributed by atoms with van der Waals surface area (Å²) in [7, 11) is 1.59. The molecule has 1 amide bonds. The molecule has 0 aliphatic rings. The first-order valence-corrected chi connectivity index (χ1v) is 6.56. The van der Waals surface area contributed by atoms with Crippen molar-refractivity contribution in [1.29, 1.82) is 0 Å². The van der Waals surface area contributed by atoms with Gasteiger partial charge in [-0.3, -0.25) is 4.79 Å². The summed E-state index contributed by atoms with van der Waals surface area (Å²) >= 11 is 0. The highest BCUT2D eigenvalue weighted by Crippen LogP contribution is 2.21. The topological polar surface area (TPSA) is 73.6 Å². The number of ether oxygens (including phenoxy) is 2. The Morgan fingerprint density at radius 3 is 2.43 bits per heavy atom. The van der Waals surface area contributed by atoms with Gasteiger partial charge in [-0.2, -0.15) is 0 Å².